The number of aromatic nitrogens is 2. The third-order valence-corrected chi connectivity index (χ3v) is 4.85. The minimum absolute atomic E-state index is 0.0429. The number of carbonyl (C=O) groups is 2. The molecule has 0 spiro atoms. The van der Waals surface area contributed by atoms with Crippen LogP contribution in [0.1, 0.15) is 31.8 Å². The molecule has 1 aliphatic rings. The van der Waals surface area contributed by atoms with Gasteiger partial charge >= 0.3 is 6.18 Å². The zero-order valence-electron chi connectivity index (χ0n) is 17.3. The van der Waals surface area contributed by atoms with Gasteiger partial charge in [0.25, 0.3) is 11.8 Å². The number of nitrogens with two attached hydrogens (primary N) is 1. The Morgan fingerprint density at radius 3 is 2.68 bits per heavy atom. The molecule has 34 heavy (non-hydrogen) atoms. The summed E-state index contributed by atoms with van der Waals surface area (Å²) in [5, 5.41) is 5.09. The number of rotatable bonds is 6. The van der Waals surface area contributed by atoms with E-state index in [1.54, 1.807) is 6.07 Å². The van der Waals surface area contributed by atoms with Crippen molar-refractivity contribution in [3.05, 3.63) is 64.6 Å². The van der Waals surface area contributed by atoms with Gasteiger partial charge in [-0.2, -0.15) is 18.2 Å². The number of halogens is 4. The highest BCUT2D eigenvalue weighted by molar-refractivity contribution is 6.01. The van der Waals surface area contributed by atoms with Gasteiger partial charge in [-0.1, -0.05) is 12.1 Å². The summed E-state index contributed by atoms with van der Waals surface area (Å²) in [6.45, 7) is 0.209. The van der Waals surface area contributed by atoms with Crippen LogP contribution in [-0.2, 0) is 12.7 Å². The first kappa shape index (κ1) is 22.8. The van der Waals surface area contributed by atoms with Crippen molar-refractivity contribution in [3.8, 4) is 17.4 Å². The van der Waals surface area contributed by atoms with Crippen LogP contribution in [0.3, 0.4) is 0 Å². The molecule has 1 aliphatic heterocycles. The molecule has 0 unspecified atom stereocenters. The zero-order chi connectivity index (χ0) is 24.6. The van der Waals surface area contributed by atoms with Gasteiger partial charge in [0, 0.05) is 18.8 Å². The van der Waals surface area contributed by atoms with Crippen molar-refractivity contribution in [2.24, 2.45) is 5.73 Å². The zero-order valence-corrected chi connectivity index (χ0v) is 17.3. The molecule has 0 saturated carbocycles. The summed E-state index contributed by atoms with van der Waals surface area (Å²) in [6, 6.07) is 6.37. The molecule has 4 N–H and O–H groups in total. The molecule has 0 saturated heterocycles. The van der Waals surface area contributed by atoms with Crippen LogP contribution in [0.5, 0.6) is 17.4 Å². The predicted molar refractivity (Wildman–Crippen MR) is 109 cm³/mol. The van der Waals surface area contributed by atoms with E-state index in [1.165, 1.54) is 19.2 Å². The third-order valence-electron chi connectivity index (χ3n) is 4.85. The van der Waals surface area contributed by atoms with Gasteiger partial charge < -0.3 is 25.8 Å². The van der Waals surface area contributed by atoms with Gasteiger partial charge in [0.2, 0.25) is 11.8 Å². The topological polar surface area (TPSA) is 128 Å². The lowest BCUT2D eigenvalue weighted by Crippen LogP contribution is -2.15. The number of fused-ring (bicyclic) bond motifs is 1. The Morgan fingerprint density at radius 1 is 1.24 bits per heavy atom. The highest BCUT2D eigenvalue weighted by Gasteiger charge is 2.37. The molecule has 0 fully saturated rings. The molecular weight excluding hydrogens is 462 g/mol. The molecule has 13 heteroatoms. The maximum Gasteiger partial charge on any atom is 0.423 e. The van der Waals surface area contributed by atoms with E-state index in [-0.39, 0.29) is 29.3 Å². The Labute approximate surface area is 188 Å². The van der Waals surface area contributed by atoms with Crippen molar-refractivity contribution in [3.63, 3.8) is 0 Å². The van der Waals surface area contributed by atoms with Crippen molar-refractivity contribution < 1.29 is 36.6 Å². The Kier molecular flexibility index (Phi) is 5.69. The minimum atomic E-state index is -4.87. The summed E-state index contributed by atoms with van der Waals surface area (Å²) >= 11 is 0. The number of nitrogens with one attached hydrogen (secondary N) is 2. The van der Waals surface area contributed by atoms with Gasteiger partial charge in [0.1, 0.15) is 22.9 Å². The van der Waals surface area contributed by atoms with Crippen molar-refractivity contribution >= 4 is 23.5 Å². The number of anilines is 2. The predicted octanol–water partition coefficient (Wildman–Crippen LogP) is 3.52. The van der Waals surface area contributed by atoms with Crippen molar-refractivity contribution in [1.29, 1.82) is 0 Å². The molecule has 176 valence electrons. The van der Waals surface area contributed by atoms with Crippen molar-refractivity contribution in [2.45, 2.75) is 12.7 Å². The van der Waals surface area contributed by atoms with Crippen LogP contribution in [0, 0.1) is 5.82 Å². The molecule has 0 atom stereocenters. The standard InChI is InChI=1S/C21H15F4N5O4/c1-33-15-5-10(17(26)31)12(22)6-13(15)29-20-28-8-11(21(23,24)25)19(30-20)34-14-4-2-3-9-7-27-18(32)16(9)14/h2-6,8H,7H2,1H3,(H2,26,31)(H,27,32)(H,28,29,30). The highest BCUT2D eigenvalue weighted by atomic mass is 19.4. The molecule has 0 bridgehead atoms. The number of hydrogen-bond acceptors (Lipinski definition) is 7. The van der Waals surface area contributed by atoms with Gasteiger partial charge in [-0.15, -0.1) is 0 Å². The number of alkyl halides is 3. The number of methoxy groups -OCH3 is 1. The number of amides is 2. The second kappa shape index (κ2) is 8.50. The van der Waals surface area contributed by atoms with Crippen LogP contribution in [0.2, 0.25) is 0 Å². The van der Waals surface area contributed by atoms with E-state index in [0.717, 1.165) is 12.1 Å². The number of primary amides is 1. The van der Waals surface area contributed by atoms with Gasteiger partial charge in [-0.3, -0.25) is 9.59 Å². The summed E-state index contributed by atoms with van der Waals surface area (Å²) < 4.78 is 65.5. The highest BCUT2D eigenvalue weighted by Crippen LogP contribution is 2.39. The quantitative estimate of drug-likeness (QED) is 0.464. The molecule has 9 nitrogen and oxygen atoms in total. The molecule has 1 aromatic heterocycles. The van der Waals surface area contributed by atoms with Gasteiger partial charge in [-0.05, 0) is 17.7 Å². The van der Waals surface area contributed by atoms with E-state index >= 15 is 0 Å². The fourth-order valence-electron chi connectivity index (χ4n) is 3.26. The van der Waals surface area contributed by atoms with Gasteiger partial charge in [-0.25, -0.2) is 9.37 Å². The first-order valence-electron chi connectivity index (χ1n) is 9.55. The Hall–Kier alpha value is -4.42. The van der Waals surface area contributed by atoms with E-state index < -0.39 is 46.8 Å². The van der Waals surface area contributed by atoms with Crippen molar-refractivity contribution in [2.75, 3.05) is 12.4 Å². The van der Waals surface area contributed by atoms with E-state index in [9.17, 15) is 27.2 Å². The average Bonchev–Trinajstić information content (AvgIpc) is 3.15. The maximum atomic E-state index is 14.2. The number of ether oxygens (including phenoxy) is 2. The number of benzene rings is 2. The lowest BCUT2D eigenvalue weighted by molar-refractivity contribution is -0.139. The number of hydrogen-bond donors (Lipinski definition) is 3. The molecular formula is C21H15F4N5O4. The average molecular weight is 477 g/mol. The van der Waals surface area contributed by atoms with Crippen molar-refractivity contribution in [1.82, 2.24) is 15.3 Å². The Balaban J connectivity index is 1.75. The summed E-state index contributed by atoms with van der Waals surface area (Å²) in [4.78, 5) is 30.8. The molecule has 2 heterocycles. The Morgan fingerprint density at radius 2 is 2.00 bits per heavy atom. The first-order chi connectivity index (χ1) is 16.1. The van der Waals surface area contributed by atoms with E-state index in [1.807, 2.05) is 0 Å². The van der Waals surface area contributed by atoms with Crippen LogP contribution in [-0.4, -0.2) is 28.9 Å². The van der Waals surface area contributed by atoms with Crippen LogP contribution < -0.4 is 25.8 Å². The number of carbonyl (C=O) groups excluding carboxylic acids is 2. The monoisotopic (exact) mass is 477 g/mol. The third kappa shape index (κ3) is 4.27. The second-order valence-corrected chi connectivity index (χ2v) is 7.01. The SMILES string of the molecule is COc1cc(C(N)=O)c(F)cc1Nc1ncc(C(F)(F)F)c(Oc2cccc3c2C(=O)NC3)n1. The lowest BCUT2D eigenvalue weighted by Gasteiger charge is -2.16. The second-order valence-electron chi connectivity index (χ2n) is 7.01. The molecule has 2 aromatic carbocycles. The van der Waals surface area contributed by atoms with Gasteiger partial charge in [0.15, 0.2) is 0 Å². The van der Waals surface area contributed by atoms with Crippen LogP contribution >= 0.6 is 0 Å². The van der Waals surface area contributed by atoms with Crippen LogP contribution in [0.25, 0.3) is 0 Å². The summed E-state index contributed by atoms with van der Waals surface area (Å²) in [5.74, 6) is -3.98. The fourth-order valence-corrected chi connectivity index (χ4v) is 3.26. The smallest absolute Gasteiger partial charge is 0.423 e. The maximum absolute atomic E-state index is 14.2. The fraction of sp³-hybridized carbons (Fsp3) is 0.143. The molecule has 3 aromatic rings. The summed E-state index contributed by atoms with van der Waals surface area (Å²) in [7, 11) is 1.23. The normalized spacial score (nSPS) is 12.7. The molecule has 0 aliphatic carbocycles. The lowest BCUT2D eigenvalue weighted by atomic mass is 10.1. The molecule has 0 radical (unpaired) electrons. The summed E-state index contributed by atoms with van der Waals surface area (Å²) in [6.07, 6.45) is -4.39. The van der Waals surface area contributed by atoms with Crippen LogP contribution in [0.4, 0.5) is 29.2 Å². The molecule has 4 rings (SSSR count). The largest absolute Gasteiger partial charge is 0.495 e. The van der Waals surface area contributed by atoms with Gasteiger partial charge in [0.05, 0.1) is 23.9 Å². The van der Waals surface area contributed by atoms with E-state index in [4.69, 9.17) is 15.2 Å². The minimum Gasteiger partial charge on any atom is -0.495 e. The summed E-state index contributed by atoms with van der Waals surface area (Å²) in [5.41, 5.74) is 3.92. The first-order valence-corrected chi connectivity index (χ1v) is 9.55. The van der Waals surface area contributed by atoms with Crippen LogP contribution in [0.15, 0.2) is 36.5 Å². The van der Waals surface area contributed by atoms with E-state index in [2.05, 4.69) is 20.6 Å². The van der Waals surface area contributed by atoms with E-state index in [0.29, 0.717) is 11.8 Å². The number of nitrogens with zero attached hydrogens (tertiary/aromatic N) is 2. The Bertz CT molecular complexity index is 1310. The molecule has 2 amide bonds.